The van der Waals surface area contributed by atoms with E-state index in [1.165, 1.54) is 17.0 Å². The van der Waals surface area contributed by atoms with Gasteiger partial charge in [0.1, 0.15) is 0 Å². The van der Waals surface area contributed by atoms with Crippen molar-refractivity contribution in [3.05, 3.63) is 53.6 Å². The van der Waals surface area contributed by atoms with Crippen molar-refractivity contribution in [3.8, 4) is 0 Å². The fraction of sp³-hybridized carbons (Fsp3) is 0.300. The van der Waals surface area contributed by atoms with Crippen LogP contribution in [0.2, 0.25) is 0 Å². The molecule has 0 spiro atoms. The van der Waals surface area contributed by atoms with Crippen LogP contribution >= 0.6 is 11.8 Å². The zero-order chi connectivity index (χ0) is 21.2. The Morgan fingerprint density at radius 3 is 2.45 bits per heavy atom. The summed E-state index contributed by atoms with van der Waals surface area (Å²) in [5.74, 6) is -0.434. The molecule has 0 radical (unpaired) electrons. The van der Waals surface area contributed by atoms with Gasteiger partial charge in [0.25, 0.3) is 11.1 Å². The van der Waals surface area contributed by atoms with E-state index in [9.17, 15) is 18.0 Å². The standard InChI is InChI=1S/C20H23N3O4S2/c1-13-8-11-15(29(26,27)22-14-9-10-14)12-16(13)19(24)21-17-6-4-5-7-18(17)28-20(25)23(2)3/h4-8,11-12,14,22H,9-10H2,1-3H3,(H,21,24). The van der Waals surface area contributed by atoms with Gasteiger partial charge in [0.15, 0.2) is 0 Å². The monoisotopic (exact) mass is 433 g/mol. The van der Waals surface area contributed by atoms with E-state index < -0.39 is 15.9 Å². The fourth-order valence-corrected chi connectivity index (χ4v) is 4.61. The van der Waals surface area contributed by atoms with Crippen molar-refractivity contribution >= 4 is 38.6 Å². The van der Waals surface area contributed by atoms with Gasteiger partial charge in [-0.05, 0) is 61.4 Å². The lowest BCUT2D eigenvalue weighted by molar-refractivity contribution is 0.102. The predicted octanol–water partition coefficient (Wildman–Crippen LogP) is 3.46. The average molecular weight is 434 g/mol. The first-order chi connectivity index (χ1) is 13.7. The highest BCUT2D eigenvalue weighted by Crippen LogP contribution is 2.29. The van der Waals surface area contributed by atoms with Crippen LogP contribution in [0.25, 0.3) is 0 Å². The summed E-state index contributed by atoms with van der Waals surface area (Å²) in [5.41, 5.74) is 1.41. The van der Waals surface area contributed by atoms with E-state index in [-0.39, 0.29) is 21.7 Å². The minimum Gasteiger partial charge on any atom is -0.339 e. The number of rotatable bonds is 6. The number of sulfonamides is 1. The van der Waals surface area contributed by atoms with E-state index in [0.717, 1.165) is 24.6 Å². The summed E-state index contributed by atoms with van der Waals surface area (Å²) in [5, 5.41) is 2.63. The van der Waals surface area contributed by atoms with E-state index in [4.69, 9.17) is 0 Å². The number of carbonyl (C=O) groups excluding carboxylic acids is 2. The number of anilines is 1. The Kier molecular flexibility index (Phi) is 6.30. The number of nitrogens with one attached hydrogen (secondary N) is 2. The Labute approximate surface area is 174 Å². The molecule has 0 aromatic heterocycles. The van der Waals surface area contributed by atoms with Crippen molar-refractivity contribution in [2.75, 3.05) is 19.4 Å². The Bertz CT molecular complexity index is 1050. The molecule has 0 bridgehead atoms. The third kappa shape index (κ3) is 5.37. The zero-order valence-electron chi connectivity index (χ0n) is 16.4. The van der Waals surface area contributed by atoms with Crippen LogP contribution in [0.5, 0.6) is 0 Å². The molecule has 2 aromatic rings. The van der Waals surface area contributed by atoms with E-state index in [1.54, 1.807) is 51.4 Å². The number of hydrogen-bond acceptors (Lipinski definition) is 5. The van der Waals surface area contributed by atoms with Crippen LogP contribution in [0.4, 0.5) is 10.5 Å². The molecule has 0 atom stereocenters. The summed E-state index contributed by atoms with van der Waals surface area (Å²) in [6.07, 6.45) is 1.66. The van der Waals surface area contributed by atoms with Crippen molar-refractivity contribution in [2.45, 2.75) is 35.6 Å². The van der Waals surface area contributed by atoms with Crippen molar-refractivity contribution in [2.24, 2.45) is 0 Å². The molecule has 3 rings (SSSR count). The largest absolute Gasteiger partial charge is 0.339 e. The molecule has 0 aliphatic heterocycles. The van der Waals surface area contributed by atoms with Crippen LogP contribution < -0.4 is 10.0 Å². The van der Waals surface area contributed by atoms with E-state index in [0.29, 0.717) is 16.1 Å². The van der Waals surface area contributed by atoms with Gasteiger partial charge in [-0.15, -0.1) is 0 Å². The van der Waals surface area contributed by atoms with E-state index >= 15 is 0 Å². The molecule has 1 saturated carbocycles. The predicted molar refractivity (Wildman–Crippen MR) is 114 cm³/mol. The van der Waals surface area contributed by atoms with Gasteiger partial charge in [0.05, 0.1) is 10.6 Å². The van der Waals surface area contributed by atoms with Gasteiger partial charge >= 0.3 is 0 Å². The topological polar surface area (TPSA) is 95.6 Å². The second-order valence-corrected chi connectivity index (χ2v) is 9.79. The second kappa shape index (κ2) is 8.56. The van der Waals surface area contributed by atoms with Gasteiger partial charge < -0.3 is 10.2 Å². The molecule has 29 heavy (non-hydrogen) atoms. The van der Waals surface area contributed by atoms with Crippen molar-refractivity contribution in [3.63, 3.8) is 0 Å². The van der Waals surface area contributed by atoms with E-state index in [2.05, 4.69) is 10.0 Å². The maximum atomic E-state index is 12.9. The Morgan fingerprint density at radius 1 is 1.10 bits per heavy atom. The molecule has 7 nitrogen and oxygen atoms in total. The minimum absolute atomic E-state index is 0.0169. The summed E-state index contributed by atoms with van der Waals surface area (Å²) in [6.45, 7) is 1.75. The van der Waals surface area contributed by atoms with Crippen LogP contribution in [0.15, 0.2) is 52.3 Å². The highest BCUT2D eigenvalue weighted by atomic mass is 32.2. The van der Waals surface area contributed by atoms with E-state index in [1.807, 2.05) is 0 Å². The quantitative estimate of drug-likeness (QED) is 0.680. The first kappa shape index (κ1) is 21.4. The van der Waals surface area contributed by atoms with Crippen LogP contribution in [0.3, 0.4) is 0 Å². The Morgan fingerprint density at radius 2 is 1.79 bits per heavy atom. The number of para-hydroxylation sites is 1. The van der Waals surface area contributed by atoms with Gasteiger partial charge in [-0.3, -0.25) is 9.59 Å². The molecule has 9 heteroatoms. The summed E-state index contributed by atoms with van der Waals surface area (Å²) >= 11 is 1.01. The molecule has 0 unspecified atom stereocenters. The molecule has 154 valence electrons. The van der Waals surface area contributed by atoms with Gasteiger partial charge in [-0.2, -0.15) is 0 Å². The maximum absolute atomic E-state index is 12.9. The number of thioether (sulfide) groups is 1. The first-order valence-electron chi connectivity index (χ1n) is 9.10. The third-order valence-corrected chi connectivity index (χ3v) is 6.99. The first-order valence-corrected chi connectivity index (χ1v) is 11.4. The van der Waals surface area contributed by atoms with Crippen molar-refractivity contribution in [1.82, 2.24) is 9.62 Å². The molecule has 0 heterocycles. The van der Waals surface area contributed by atoms with Crippen LogP contribution in [-0.4, -0.2) is 44.6 Å². The minimum atomic E-state index is -3.66. The lowest BCUT2D eigenvalue weighted by Crippen LogP contribution is -2.26. The number of carbonyl (C=O) groups is 2. The highest BCUT2D eigenvalue weighted by Gasteiger charge is 2.28. The number of nitrogens with zero attached hydrogens (tertiary/aromatic N) is 1. The summed E-state index contributed by atoms with van der Waals surface area (Å²) in [6, 6.07) is 11.5. The molecule has 1 aliphatic rings. The molecule has 1 fully saturated rings. The summed E-state index contributed by atoms with van der Waals surface area (Å²) < 4.78 is 27.6. The number of benzene rings is 2. The van der Waals surface area contributed by atoms with Crippen LogP contribution in [0.1, 0.15) is 28.8 Å². The molecule has 1 aliphatic carbocycles. The normalized spacial score (nSPS) is 13.8. The fourth-order valence-electron chi connectivity index (χ4n) is 2.54. The molecular formula is C20H23N3O4S2. The Hall–Kier alpha value is -2.36. The number of hydrogen-bond donors (Lipinski definition) is 2. The summed E-state index contributed by atoms with van der Waals surface area (Å²) in [4.78, 5) is 27.0. The molecular weight excluding hydrogens is 410 g/mol. The second-order valence-electron chi connectivity index (χ2n) is 7.08. The number of amides is 2. The lowest BCUT2D eigenvalue weighted by Gasteiger charge is -2.14. The lowest BCUT2D eigenvalue weighted by atomic mass is 10.1. The van der Waals surface area contributed by atoms with Gasteiger partial charge in [-0.25, -0.2) is 13.1 Å². The van der Waals surface area contributed by atoms with Crippen molar-refractivity contribution < 1.29 is 18.0 Å². The summed E-state index contributed by atoms with van der Waals surface area (Å²) in [7, 11) is -0.352. The average Bonchev–Trinajstić information content (AvgIpc) is 3.46. The molecule has 0 saturated heterocycles. The van der Waals surface area contributed by atoms with Gasteiger partial charge in [-0.1, -0.05) is 18.2 Å². The highest BCUT2D eigenvalue weighted by molar-refractivity contribution is 8.13. The number of aryl methyl sites for hydroxylation is 1. The molecule has 2 amide bonds. The van der Waals surface area contributed by atoms with Gasteiger partial charge in [0, 0.05) is 30.6 Å². The zero-order valence-corrected chi connectivity index (χ0v) is 18.1. The van der Waals surface area contributed by atoms with Gasteiger partial charge in [0.2, 0.25) is 10.0 Å². The smallest absolute Gasteiger partial charge is 0.286 e. The SMILES string of the molecule is Cc1ccc(S(=O)(=O)NC2CC2)cc1C(=O)Nc1ccccc1SC(=O)N(C)C. The third-order valence-electron chi connectivity index (χ3n) is 4.36. The maximum Gasteiger partial charge on any atom is 0.286 e. The van der Waals surface area contributed by atoms with Crippen LogP contribution in [-0.2, 0) is 10.0 Å². The molecule has 2 N–H and O–H groups in total. The van der Waals surface area contributed by atoms with Crippen LogP contribution in [0, 0.1) is 6.92 Å². The van der Waals surface area contributed by atoms with Crippen molar-refractivity contribution in [1.29, 1.82) is 0 Å². The Balaban J connectivity index is 1.84. The molecule has 2 aromatic carbocycles.